The maximum absolute atomic E-state index is 11.4. The molecule has 0 bridgehead atoms. The number of cyclic esters (lactones) is 1. The lowest BCUT2D eigenvalue weighted by Gasteiger charge is -2.20. The molecular weight excluding hydrogens is 172 g/mol. The summed E-state index contributed by atoms with van der Waals surface area (Å²) in [5, 5.41) is 0. The molecule has 0 spiro atoms. The molecule has 4 nitrogen and oxygen atoms in total. The molecule has 0 radical (unpaired) electrons. The Morgan fingerprint density at radius 3 is 2.62 bits per heavy atom. The number of ether oxygens (including phenoxy) is 2. The fourth-order valence-electron chi connectivity index (χ4n) is 1.60. The van der Waals surface area contributed by atoms with E-state index < -0.39 is 12.1 Å². The standard InChI is InChI=1S/C9H10O4/c1-4-3-6(10)7-8(12-4)5(2)13-9(7)11/h4-5H,3H2,1-2H3. The van der Waals surface area contributed by atoms with E-state index in [-0.39, 0.29) is 23.9 Å². The van der Waals surface area contributed by atoms with Crippen LogP contribution in [0.2, 0.25) is 0 Å². The van der Waals surface area contributed by atoms with Crippen molar-refractivity contribution in [3.63, 3.8) is 0 Å². The van der Waals surface area contributed by atoms with E-state index in [0.29, 0.717) is 5.76 Å². The molecule has 4 heteroatoms. The zero-order valence-corrected chi connectivity index (χ0v) is 7.49. The quantitative estimate of drug-likeness (QED) is 0.406. The molecule has 0 saturated heterocycles. The molecule has 2 aliphatic rings. The van der Waals surface area contributed by atoms with Gasteiger partial charge in [-0.1, -0.05) is 0 Å². The van der Waals surface area contributed by atoms with Gasteiger partial charge in [-0.15, -0.1) is 0 Å². The molecule has 0 saturated carbocycles. The highest BCUT2D eigenvalue weighted by molar-refractivity contribution is 6.19. The van der Waals surface area contributed by atoms with E-state index in [1.807, 2.05) is 0 Å². The van der Waals surface area contributed by atoms with Gasteiger partial charge >= 0.3 is 5.97 Å². The molecule has 2 heterocycles. The van der Waals surface area contributed by atoms with E-state index in [4.69, 9.17) is 9.47 Å². The van der Waals surface area contributed by atoms with E-state index in [1.54, 1.807) is 13.8 Å². The highest BCUT2D eigenvalue weighted by Crippen LogP contribution is 2.30. The van der Waals surface area contributed by atoms with Gasteiger partial charge in [0.05, 0.1) is 0 Å². The molecule has 0 N–H and O–H groups in total. The molecule has 0 amide bonds. The third kappa shape index (κ3) is 1.13. The third-order valence-electron chi connectivity index (χ3n) is 2.18. The van der Waals surface area contributed by atoms with Crippen LogP contribution in [0.5, 0.6) is 0 Å². The molecule has 0 aromatic rings. The van der Waals surface area contributed by atoms with Gasteiger partial charge in [-0.3, -0.25) is 4.79 Å². The predicted octanol–water partition coefficient (Wildman–Crippen LogP) is 0.564. The minimum Gasteiger partial charge on any atom is -0.490 e. The van der Waals surface area contributed by atoms with Crippen molar-refractivity contribution >= 4 is 11.8 Å². The summed E-state index contributed by atoms with van der Waals surface area (Å²) in [6, 6.07) is 0. The minimum atomic E-state index is -0.542. The summed E-state index contributed by atoms with van der Waals surface area (Å²) in [5.41, 5.74) is 0.116. The van der Waals surface area contributed by atoms with Crippen molar-refractivity contribution in [3.8, 4) is 0 Å². The Balaban J connectivity index is 2.42. The Hall–Kier alpha value is -1.32. The monoisotopic (exact) mass is 182 g/mol. The summed E-state index contributed by atoms with van der Waals surface area (Å²) >= 11 is 0. The molecule has 2 unspecified atom stereocenters. The highest BCUT2D eigenvalue weighted by atomic mass is 16.6. The summed E-state index contributed by atoms with van der Waals surface area (Å²) in [7, 11) is 0. The van der Waals surface area contributed by atoms with Crippen molar-refractivity contribution in [1.82, 2.24) is 0 Å². The van der Waals surface area contributed by atoms with E-state index >= 15 is 0 Å². The molecule has 0 aromatic heterocycles. The first-order chi connectivity index (χ1) is 6.09. The minimum absolute atomic E-state index is 0.116. The van der Waals surface area contributed by atoms with Crippen molar-refractivity contribution in [1.29, 1.82) is 0 Å². The molecule has 0 aliphatic carbocycles. The second-order valence-electron chi connectivity index (χ2n) is 3.34. The average molecular weight is 182 g/mol. The zero-order chi connectivity index (χ0) is 9.59. The fourth-order valence-corrected chi connectivity index (χ4v) is 1.60. The van der Waals surface area contributed by atoms with Crippen LogP contribution in [0.1, 0.15) is 20.3 Å². The van der Waals surface area contributed by atoms with E-state index in [0.717, 1.165) is 0 Å². The molecule has 2 aliphatic heterocycles. The topological polar surface area (TPSA) is 52.6 Å². The molecule has 13 heavy (non-hydrogen) atoms. The molecule has 2 atom stereocenters. The van der Waals surface area contributed by atoms with Crippen molar-refractivity contribution in [2.75, 3.05) is 0 Å². The zero-order valence-electron chi connectivity index (χ0n) is 7.49. The van der Waals surface area contributed by atoms with E-state index in [1.165, 1.54) is 0 Å². The predicted molar refractivity (Wildman–Crippen MR) is 42.8 cm³/mol. The number of hydrogen-bond acceptors (Lipinski definition) is 4. The van der Waals surface area contributed by atoms with Crippen LogP contribution < -0.4 is 0 Å². The number of hydrogen-bond donors (Lipinski definition) is 0. The smallest absolute Gasteiger partial charge is 0.346 e. The molecule has 70 valence electrons. The van der Waals surface area contributed by atoms with E-state index in [2.05, 4.69) is 0 Å². The number of carbonyl (C=O) groups is 2. The van der Waals surface area contributed by atoms with E-state index in [9.17, 15) is 9.59 Å². The summed E-state index contributed by atoms with van der Waals surface area (Å²) < 4.78 is 10.2. The van der Waals surface area contributed by atoms with Gasteiger partial charge in [0.2, 0.25) is 0 Å². The van der Waals surface area contributed by atoms with Gasteiger partial charge in [0.15, 0.2) is 17.6 Å². The first-order valence-electron chi connectivity index (χ1n) is 4.24. The summed E-state index contributed by atoms with van der Waals surface area (Å²) in [6.07, 6.45) is -0.293. The maximum Gasteiger partial charge on any atom is 0.346 e. The van der Waals surface area contributed by atoms with Gasteiger partial charge in [0.1, 0.15) is 11.7 Å². The first kappa shape index (κ1) is 8.29. The Morgan fingerprint density at radius 2 is 1.92 bits per heavy atom. The third-order valence-corrected chi connectivity index (χ3v) is 2.18. The lowest BCUT2D eigenvalue weighted by atomic mass is 10.0. The van der Waals surface area contributed by atoms with Crippen LogP contribution in [0.4, 0.5) is 0 Å². The maximum atomic E-state index is 11.4. The number of Topliss-reactive ketones (excluding diaryl/α,β-unsaturated/α-hetero) is 1. The fraction of sp³-hybridized carbons (Fsp3) is 0.556. The second kappa shape index (κ2) is 2.58. The van der Waals surface area contributed by atoms with Gasteiger partial charge in [0, 0.05) is 6.42 Å². The van der Waals surface area contributed by atoms with Gasteiger partial charge in [-0.25, -0.2) is 4.79 Å². The van der Waals surface area contributed by atoms with Gasteiger partial charge < -0.3 is 9.47 Å². The van der Waals surface area contributed by atoms with Crippen LogP contribution in [-0.2, 0) is 19.1 Å². The lowest BCUT2D eigenvalue weighted by molar-refractivity contribution is -0.140. The van der Waals surface area contributed by atoms with Crippen LogP contribution in [0.3, 0.4) is 0 Å². The normalized spacial score (nSPS) is 32.8. The average Bonchev–Trinajstić information content (AvgIpc) is 2.27. The van der Waals surface area contributed by atoms with Crippen LogP contribution in [0.15, 0.2) is 11.3 Å². The number of carbonyl (C=O) groups excluding carboxylic acids is 2. The number of esters is 1. The number of ketones is 1. The molecule has 0 aromatic carbocycles. The Labute approximate surface area is 75.5 Å². The Kier molecular flexibility index (Phi) is 1.65. The summed E-state index contributed by atoms with van der Waals surface area (Å²) in [6.45, 7) is 3.50. The van der Waals surface area contributed by atoms with Crippen molar-refractivity contribution in [2.24, 2.45) is 0 Å². The first-order valence-corrected chi connectivity index (χ1v) is 4.24. The Morgan fingerprint density at radius 1 is 1.23 bits per heavy atom. The van der Waals surface area contributed by atoms with Gasteiger partial charge in [0.25, 0.3) is 0 Å². The largest absolute Gasteiger partial charge is 0.490 e. The molecule has 2 rings (SSSR count). The Bertz CT molecular complexity index is 316. The lowest BCUT2D eigenvalue weighted by Crippen LogP contribution is -2.25. The number of rotatable bonds is 0. The highest BCUT2D eigenvalue weighted by Gasteiger charge is 2.41. The molecule has 0 fully saturated rings. The van der Waals surface area contributed by atoms with Gasteiger partial charge in [-0.2, -0.15) is 0 Å². The second-order valence-corrected chi connectivity index (χ2v) is 3.34. The van der Waals surface area contributed by atoms with Crippen LogP contribution in [0, 0.1) is 0 Å². The van der Waals surface area contributed by atoms with Crippen LogP contribution >= 0.6 is 0 Å². The van der Waals surface area contributed by atoms with Gasteiger partial charge in [-0.05, 0) is 13.8 Å². The molecular formula is C9H10O4. The van der Waals surface area contributed by atoms with Crippen LogP contribution in [-0.4, -0.2) is 24.0 Å². The SMILES string of the molecule is CC1CC(=O)C2=C(O1)C(C)OC2=O. The summed E-state index contributed by atoms with van der Waals surface area (Å²) in [4.78, 5) is 22.6. The van der Waals surface area contributed by atoms with Crippen molar-refractivity contribution in [2.45, 2.75) is 32.5 Å². The summed E-state index contributed by atoms with van der Waals surface area (Å²) in [5.74, 6) is -0.295. The van der Waals surface area contributed by atoms with Crippen molar-refractivity contribution < 1.29 is 19.1 Å². The van der Waals surface area contributed by atoms with Crippen molar-refractivity contribution in [3.05, 3.63) is 11.3 Å². The van der Waals surface area contributed by atoms with Crippen LogP contribution in [0.25, 0.3) is 0 Å².